The van der Waals surface area contributed by atoms with E-state index in [1.165, 1.54) is 10.4 Å². The summed E-state index contributed by atoms with van der Waals surface area (Å²) in [4.78, 5) is 11.3. The third-order valence-electron chi connectivity index (χ3n) is 2.89. The van der Waals surface area contributed by atoms with Crippen LogP contribution in [0.25, 0.3) is 10.2 Å². The maximum absolute atomic E-state index is 8.75. The minimum Gasteiger partial charge on any atom is -0.396 e. The smallest absolute Gasteiger partial charge is 0.152 e. The van der Waals surface area contributed by atoms with E-state index in [0.29, 0.717) is 5.82 Å². The van der Waals surface area contributed by atoms with Crippen molar-refractivity contribution >= 4 is 39.1 Å². The van der Waals surface area contributed by atoms with Crippen molar-refractivity contribution in [1.29, 1.82) is 0 Å². The van der Waals surface area contributed by atoms with E-state index < -0.39 is 0 Å². The molecule has 2 aromatic heterocycles. The molecule has 0 radical (unpaired) electrons. The zero-order chi connectivity index (χ0) is 13.8. The van der Waals surface area contributed by atoms with Crippen molar-refractivity contribution in [1.82, 2.24) is 9.97 Å². The van der Waals surface area contributed by atoms with E-state index in [4.69, 9.17) is 10.9 Å². The molecule has 2 aromatic rings. The van der Waals surface area contributed by atoms with Crippen molar-refractivity contribution in [2.45, 2.75) is 26.0 Å². The number of nitrogen functional groups attached to an aromatic ring is 1. The van der Waals surface area contributed by atoms with Crippen LogP contribution in [-0.2, 0) is 5.75 Å². The molecular weight excluding hydrogens is 280 g/mol. The van der Waals surface area contributed by atoms with Crippen molar-refractivity contribution < 1.29 is 5.11 Å². The average Bonchev–Trinajstić information content (AvgIpc) is 2.69. The number of hydrazine groups is 1. The fourth-order valence-corrected chi connectivity index (χ4v) is 3.63. The first-order chi connectivity index (χ1) is 9.17. The van der Waals surface area contributed by atoms with Crippen LogP contribution in [0.4, 0.5) is 5.82 Å². The van der Waals surface area contributed by atoms with E-state index in [1.54, 1.807) is 23.1 Å². The molecule has 0 aromatic carbocycles. The summed E-state index contributed by atoms with van der Waals surface area (Å²) >= 11 is 3.39. The number of hydrogen-bond donors (Lipinski definition) is 3. The summed E-state index contributed by atoms with van der Waals surface area (Å²) < 4.78 is 0. The summed E-state index contributed by atoms with van der Waals surface area (Å²) in [5.41, 5.74) is 3.86. The van der Waals surface area contributed by atoms with Gasteiger partial charge in [0.2, 0.25) is 0 Å². The Labute approximate surface area is 120 Å². The van der Waals surface area contributed by atoms with Crippen molar-refractivity contribution in [3.05, 3.63) is 16.3 Å². The quantitative estimate of drug-likeness (QED) is 0.431. The maximum Gasteiger partial charge on any atom is 0.152 e. The molecule has 0 aliphatic rings. The SMILES string of the molecule is Cc1sc2nc(CSCCCO)nc(NN)c2c1C. The van der Waals surface area contributed by atoms with Crippen LogP contribution in [-0.4, -0.2) is 27.4 Å². The van der Waals surface area contributed by atoms with Crippen molar-refractivity contribution in [2.75, 3.05) is 17.8 Å². The lowest BCUT2D eigenvalue weighted by Gasteiger charge is -2.06. The van der Waals surface area contributed by atoms with Crippen LogP contribution in [0.2, 0.25) is 0 Å². The van der Waals surface area contributed by atoms with Gasteiger partial charge in [0.1, 0.15) is 10.7 Å². The molecule has 0 bridgehead atoms. The average molecular weight is 298 g/mol. The Morgan fingerprint density at radius 1 is 1.37 bits per heavy atom. The maximum atomic E-state index is 8.75. The lowest BCUT2D eigenvalue weighted by atomic mass is 10.2. The van der Waals surface area contributed by atoms with Crippen molar-refractivity contribution in [3.63, 3.8) is 0 Å². The molecule has 0 saturated carbocycles. The molecule has 104 valence electrons. The summed E-state index contributed by atoms with van der Waals surface area (Å²) in [7, 11) is 0. The number of nitrogens with zero attached hydrogens (tertiary/aromatic N) is 2. The zero-order valence-corrected chi connectivity index (χ0v) is 12.7. The van der Waals surface area contributed by atoms with E-state index in [2.05, 4.69) is 29.2 Å². The second kappa shape index (κ2) is 6.51. The number of aliphatic hydroxyl groups excluding tert-OH is 1. The third-order valence-corrected chi connectivity index (χ3v) is 5.03. The van der Waals surface area contributed by atoms with Crippen LogP contribution < -0.4 is 11.3 Å². The van der Waals surface area contributed by atoms with E-state index in [1.807, 2.05) is 0 Å². The Hall–Kier alpha value is -0.890. The number of thioether (sulfide) groups is 1. The van der Waals surface area contributed by atoms with Gasteiger partial charge in [0, 0.05) is 11.5 Å². The number of thiophene rings is 1. The second-order valence-corrected chi connectivity index (χ2v) is 6.53. The highest BCUT2D eigenvalue weighted by Crippen LogP contribution is 2.33. The highest BCUT2D eigenvalue weighted by atomic mass is 32.2. The van der Waals surface area contributed by atoms with Gasteiger partial charge in [0.05, 0.1) is 11.1 Å². The first-order valence-corrected chi connectivity index (χ1v) is 8.06. The Kier molecular flexibility index (Phi) is 4.98. The molecule has 2 rings (SSSR count). The van der Waals surface area contributed by atoms with E-state index in [9.17, 15) is 0 Å². The molecule has 0 saturated heterocycles. The first kappa shape index (κ1) is 14.5. The number of hydrogen-bond acceptors (Lipinski definition) is 7. The monoisotopic (exact) mass is 298 g/mol. The normalized spacial score (nSPS) is 11.2. The number of fused-ring (bicyclic) bond motifs is 1. The Morgan fingerprint density at radius 3 is 2.84 bits per heavy atom. The number of aliphatic hydroxyl groups is 1. The molecule has 5 nitrogen and oxygen atoms in total. The van der Waals surface area contributed by atoms with E-state index in [-0.39, 0.29) is 6.61 Å². The minimum absolute atomic E-state index is 0.228. The van der Waals surface area contributed by atoms with Crippen molar-refractivity contribution in [2.24, 2.45) is 5.84 Å². The number of nitrogens with two attached hydrogens (primary N) is 1. The minimum atomic E-state index is 0.228. The fourth-order valence-electron chi connectivity index (χ4n) is 1.79. The van der Waals surface area contributed by atoms with Crippen LogP contribution in [0, 0.1) is 13.8 Å². The van der Waals surface area contributed by atoms with Crippen LogP contribution in [0.3, 0.4) is 0 Å². The highest BCUT2D eigenvalue weighted by molar-refractivity contribution is 7.98. The molecular formula is C12H18N4OS2. The van der Waals surface area contributed by atoms with Gasteiger partial charge in [-0.15, -0.1) is 11.3 Å². The molecule has 7 heteroatoms. The van der Waals surface area contributed by atoms with Crippen LogP contribution in [0.15, 0.2) is 0 Å². The second-order valence-electron chi connectivity index (χ2n) is 4.23. The van der Waals surface area contributed by atoms with Gasteiger partial charge in [-0.2, -0.15) is 11.8 Å². The predicted octanol–water partition coefficient (Wildman–Crippen LogP) is 2.21. The van der Waals surface area contributed by atoms with Crippen molar-refractivity contribution in [3.8, 4) is 0 Å². The molecule has 4 N–H and O–H groups in total. The highest BCUT2D eigenvalue weighted by Gasteiger charge is 2.13. The van der Waals surface area contributed by atoms with Gasteiger partial charge in [-0.05, 0) is 31.6 Å². The first-order valence-electron chi connectivity index (χ1n) is 6.09. The third kappa shape index (κ3) is 3.17. The number of rotatable bonds is 6. The standard InChI is InChI=1S/C12H18N4OS2/c1-7-8(2)19-12-10(7)11(16-13)14-9(15-12)6-18-5-3-4-17/h17H,3-6,13H2,1-2H3,(H,14,15,16). The number of aryl methyl sites for hydroxylation is 2. The summed E-state index contributed by atoms with van der Waals surface area (Å²) in [5.74, 6) is 8.69. The predicted molar refractivity (Wildman–Crippen MR) is 82.6 cm³/mol. The molecule has 0 amide bonds. The van der Waals surface area contributed by atoms with Gasteiger partial charge >= 0.3 is 0 Å². The summed E-state index contributed by atoms with van der Waals surface area (Å²) in [6.07, 6.45) is 0.798. The summed E-state index contributed by atoms with van der Waals surface area (Å²) in [6.45, 7) is 4.37. The van der Waals surface area contributed by atoms with Gasteiger partial charge in [0.15, 0.2) is 5.82 Å². The van der Waals surface area contributed by atoms with Gasteiger partial charge in [-0.1, -0.05) is 0 Å². The molecule has 0 aliphatic heterocycles. The number of anilines is 1. The van der Waals surface area contributed by atoms with Gasteiger partial charge in [-0.3, -0.25) is 0 Å². The van der Waals surface area contributed by atoms with E-state index >= 15 is 0 Å². The largest absolute Gasteiger partial charge is 0.396 e. The molecule has 0 unspecified atom stereocenters. The zero-order valence-electron chi connectivity index (χ0n) is 11.1. The number of aromatic nitrogens is 2. The Bertz CT molecular complexity index is 570. The molecule has 0 aliphatic carbocycles. The van der Waals surface area contributed by atoms with Crippen LogP contribution in [0.1, 0.15) is 22.7 Å². The lowest BCUT2D eigenvalue weighted by Crippen LogP contribution is -2.11. The van der Waals surface area contributed by atoms with Gasteiger partial charge in [-0.25, -0.2) is 15.8 Å². The van der Waals surface area contributed by atoms with Crippen LogP contribution >= 0.6 is 23.1 Å². The Balaban J connectivity index is 2.27. The lowest BCUT2D eigenvalue weighted by molar-refractivity contribution is 0.296. The summed E-state index contributed by atoms with van der Waals surface area (Å²) in [5, 5.41) is 9.77. The molecule has 0 atom stereocenters. The van der Waals surface area contributed by atoms with E-state index in [0.717, 1.165) is 34.0 Å². The molecule has 0 fully saturated rings. The van der Waals surface area contributed by atoms with Gasteiger partial charge in [0.25, 0.3) is 0 Å². The number of nitrogens with one attached hydrogen (secondary N) is 1. The fraction of sp³-hybridized carbons (Fsp3) is 0.500. The molecule has 0 spiro atoms. The van der Waals surface area contributed by atoms with Crippen LogP contribution in [0.5, 0.6) is 0 Å². The topological polar surface area (TPSA) is 84.1 Å². The Morgan fingerprint density at radius 2 is 2.16 bits per heavy atom. The summed E-state index contributed by atoms with van der Waals surface area (Å²) in [6, 6.07) is 0. The van der Waals surface area contributed by atoms with Gasteiger partial charge < -0.3 is 10.5 Å². The molecule has 19 heavy (non-hydrogen) atoms. The molecule has 2 heterocycles.